The molecule has 102 valence electrons. The lowest BCUT2D eigenvalue weighted by atomic mass is 10.3. The molecule has 1 aromatic rings. The smallest absolute Gasteiger partial charge is 0.244 e. The predicted octanol–water partition coefficient (Wildman–Crippen LogP) is 2.02. The van der Waals surface area contributed by atoms with Gasteiger partial charge >= 0.3 is 0 Å². The van der Waals surface area contributed by atoms with Crippen molar-refractivity contribution < 1.29 is 14.3 Å². The van der Waals surface area contributed by atoms with Crippen LogP contribution in [0, 0.1) is 0 Å². The summed E-state index contributed by atoms with van der Waals surface area (Å²) in [5.74, 6) is 0.410. The number of carbonyl (C=O) groups is 2. The number of carbonyl (C=O) groups excluding carboxylic acids is 2. The number of rotatable bonds is 4. The maximum Gasteiger partial charge on any atom is 0.244 e. The summed E-state index contributed by atoms with van der Waals surface area (Å²) in [6.45, 7) is 0.746. The van der Waals surface area contributed by atoms with Crippen molar-refractivity contribution >= 4 is 33.4 Å². The molecule has 1 aliphatic heterocycles. The van der Waals surface area contributed by atoms with Gasteiger partial charge < -0.3 is 15.0 Å². The summed E-state index contributed by atoms with van der Waals surface area (Å²) in [4.78, 5) is 24.9. The summed E-state index contributed by atoms with van der Waals surface area (Å²) < 4.78 is 6.02. The summed E-state index contributed by atoms with van der Waals surface area (Å²) in [6, 6.07) is 5.36. The fourth-order valence-corrected chi connectivity index (χ4v) is 2.37. The molecule has 5 nitrogen and oxygen atoms in total. The molecule has 19 heavy (non-hydrogen) atoms. The third kappa shape index (κ3) is 3.47. The highest BCUT2D eigenvalue weighted by atomic mass is 79.9. The number of hydrogen-bond donors (Lipinski definition) is 1. The molecular formula is C13H15BrN2O3. The molecule has 1 N–H and O–H groups in total. The second-order valence-corrected chi connectivity index (χ2v) is 5.23. The van der Waals surface area contributed by atoms with Gasteiger partial charge in [-0.1, -0.05) is 15.9 Å². The van der Waals surface area contributed by atoms with E-state index in [1.807, 2.05) is 6.07 Å². The van der Waals surface area contributed by atoms with Gasteiger partial charge in [0.15, 0.2) is 0 Å². The van der Waals surface area contributed by atoms with E-state index in [2.05, 4.69) is 21.2 Å². The van der Waals surface area contributed by atoms with Crippen LogP contribution < -0.4 is 10.1 Å². The second-order valence-electron chi connectivity index (χ2n) is 4.31. The molecule has 2 rings (SSSR count). The van der Waals surface area contributed by atoms with E-state index in [9.17, 15) is 9.59 Å². The summed E-state index contributed by atoms with van der Waals surface area (Å²) in [6.07, 6.45) is 1.36. The molecule has 1 saturated heterocycles. The Bertz CT molecular complexity index is 505. The second kappa shape index (κ2) is 6.06. The van der Waals surface area contributed by atoms with E-state index in [1.165, 1.54) is 0 Å². The van der Waals surface area contributed by atoms with E-state index in [0.29, 0.717) is 24.4 Å². The number of anilines is 1. The predicted molar refractivity (Wildman–Crippen MR) is 75.1 cm³/mol. The van der Waals surface area contributed by atoms with Crippen LogP contribution in [0.2, 0.25) is 0 Å². The van der Waals surface area contributed by atoms with Crippen LogP contribution in [-0.4, -0.2) is 36.9 Å². The van der Waals surface area contributed by atoms with Gasteiger partial charge in [0.25, 0.3) is 0 Å². The molecule has 0 aromatic heterocycles. The zero-order chi connectivity index (χ0) is 13.8. The third-order valence-corrected chi connectivity index (χ3v) is 3.43. The van der Waals surface area contributed by atoms with Gasteiger partial charge in [-0.25, -0.2) is 0 Å². The minimum atomic E-state index is -0.216. The van der Waals surface area contributed by atoms with Gasteiger partial charge in [-0.05, 0) is 24.6 Å². The van der Waals surface area contributed by atoms with Gasteiger partial charge in [0, 0.05) is 17.4 Å². The van der Waals surface area contributed by atoms with Gasteiger partial charge in [0.1, 0.15) is 5.75 Å². The maximum atomic E-state index is 11.9. The lowest BCUT2D eigenvalue weighted by molar-refractivity contribution is -0.131. The Morgan fingerprint density at radius 1 is 1.53 bits per heavy atom. The minimum Gasteiger partial charge on any atom is -0.495 e. The number of methoxy groups -OCH3 is 1. The first kappa shape index (κ1) is 13.9. The molecule has 0 spiro atoms. The molecule has 0 unspecified atom stereocenters. The van der Waals surface area contributed by atoms with Crippen molar-refractivity contribution in [2.45, 2.75) is 12.8 Å². The molecule has 2 amide bonds. The fraction of sp³-hybridized carbons (Fsp3) is 0.385. The van der Waals surface area contributed by atoms with E-state index in [4.69, 9.17) is 4.74 Å². The molecule has 0 saturated carbocycles. The summed E-state index contributed by atoms with van der Waals surface area (Å²) in [7, 11) is 1.54. The van der Waals surface area contributed by atoms with Gasteiger partial charge in [0.2, 0.25) is 11.8 Å². The van der Waals surface area contributed by atoms with E-state index >= 15 is 0 Å². The number of nitrogens with zero attached hydrogens (tertiary/aromatic N) is 1. The molecule has 6 heteroatoms. The number of ether oxygens (including phenoxy) is 1. The monoisotopic (exact) mass is 326 g/mol. The highest BCUT2D eigenvalue weighted by Gasteiger charge is 2.22. The average molecular weight is 327 g/mol. The average Bonchev–Trinajstić information content (AvgIpc) is 2.75. The van der Waals surface area contributed by atoms with Crippen LogP contribution in [0.3, 0.4) is 0 Å². The zero-order valence-corrected chi connectivity index (χ0v) is 12.2. The molecule has 0 radical (unpaired) electrons. The van der Waals surface area contributed by atoms with Crippen LogP contribution in [0.5, 0.6) is 5.75 Å². The highest BCUT2D eigenvalue weighted by Crippen LogP contribution is 2.27. The quantitative estimate of drug-likeness (QED) is 0.920. The Balaban J connectivity index is 2.02. The normalized spacial score (nSPS) is 14.6. The Labute approximate surface area is 120 Å². The first-order chi connectivity index (χ1) is 9.10. The Hall–Kier alpha value is -1.56. The minimum absolute atomic E-state index is 0.0383. The molecule has 1 heterocycles. The highest BCUT2D eigenvalue weighted by molar-refractivity contribution is 9.10. The Morgan fingerprint density at radius 3 is 2.95 bits per heavy atom. The first-order valence-electron chi connectivity index (χ1n) is 6.01. The summed E-state index contributed by atoms with van der Waals surface area (Å²) >= 11 is 3.34. The van der Waals surface area contributed by atoms with E-state index in [1.54, 1.807) is 24.1 Å². The molecule has 0 aliphatic carbocycles. The van der Waals surface area contributed by atoms with Crippen LogP contribution in [0.1, 0.15) is 12.8 Å². The molecule has 0 atom stereocenters. The third-order valence-electron chi connectivity index (χ3n) is 2.94. The van der Waals surface area contributed by atoms with Crippen LogP contribution in [0.15, 0.2) is 22.7 Å². The van der Waals surface area contributed by atoms with Gasteiger partial charge in [-0.15, -0.1) is 0 Å². The lowest BCUT2D eigenvalue weighted by Crippen LogP contribution is -2.34. The Kier molecular flexibility index (Phi) is 4.42. The number of amides is 2. The number of halogens is 1. The summed E-state index contributed by atoms with van der Waals surface area (Å²) in [5, 5.41) is 2.76. The SMILES string of the molecule is COc1ccc(Br)cc1NC(=O)CN1CCCC1=O. The molecule has 1 aromatic carbocycles. The van der Waals surface area contributed by atoms with Crippen molar-refractivity contribution in [3.05, 3.63) is 22.7 Å². The van der Waals surface area contributed by atoms with Crippen molar-refractivity contribution in [3.8, 4) is 5.75 Å². The van der Waals surface area contributed by atoms with Crippen LogP contribution in [0.4, 0.5) is 5.69 Å². The Morgan fingerprint density at radius 2 is 2.32 bits per heavy atom. The van der Waals surface area contributed by atoms with Crippen molar-refractivity contribution in [3.63, 3.8) is 0 Å². The number of hydrogen-bond acceptors (Lipinski definition) is 3. The van der Waals surface area contributed by atoms with E-state index in [-0.39, 0.29) is 18.4 Å². The fourth-order valence-electron chi connectivity index (χ4n) is 2.01. The van der Waals surface area contributed by atoms with Crippen molar-refractivity contribution in [2.24, 2.45) is 0 Å². The number of nitrogens with one attached hydrogen (secondary N) is 1. The van der Waals surface area contributed by atoms with Gasteiger partial charge in [0.05, 0.1) is 19.3 Å². The number of likely N-dealkylation sites (tertiary alicyclic amines) is 1. The molecular weight excluding hydrogens is 312 g/mol. The maximum absolute atomic E-state index is 11.9. The van der Waals surface area contributed by atoms with Crippen LogP contribution >= 0.6 is 15.9 Å². The lowest BCUT2D eigenvalue weighted by Gasteiger charge is -2.16. The van der Waals surface area contributed by atoms with Crippen molar-refractivity contribution in [1.82, 2.24) is 4.90 Å². The largest absolute Gasteiger partial charge is 0.495 e. The zero-order valence-electron chi connectivity index (χ0n) is 10.6. The van der Waals surface area contributed by atoms with Gasteiger partial charge in [-0.2, -0.15) is 0 Å². The van der Waals surface area contributed by atoms with Crippen LogP contribution in [0.25, 0.3) is 0 Å². The van der Waals surface area contributed by atoms with Crippen LogP contribution in [-0.2, 0) is 9.59 Å². The van der Waals surface area contributed by atoms with Gasteiger partial charge in [-0.3, -0.25) is 9.59 Å². The van der Waals surface area contributed by atoms with Crippen molar-refractivity contribution in [2.75, 3.05) is 25.5 Å². The summed E-state index contributed by atoms with van der Waals surface area (Å²) in [5.41, 5.74) is 0.591. The van der Waals surface area contributed by atoms with E-state index < -0.39 is 0 Å². The molecule has 1 fully saturated rings. The molecule has 1 aliphatic rings. The first-order valence-corrected chi connectivity index (χ1v) is 6.80. The molecule has 0 bridgehead atoms. The topological polar surface area (TPSA) is 58.6 Å². The number of benzene rings is 1. The van der Waals surface area contributed by atoms with E-state index in [0.717, 1.165) is 10.9 Å². The standard InChI is InChI=1S/C13H15BrN2O3/c1-19-11-5-4-9(14)7-10(11)15-12(17)8-16-6-2-3-13(16)18/h4-5,7H,2-3,6,8H2,1H3,(H,15,17). The van der Waals surface area contributed by atoms with Crippen molar-refractivity contribution in [1.29, 1.82) is 0 Å².